The summed E-state index contributed by atoms with van der Waals surface area (Å²) < 4.78 is 32.8. The van der Waals surface area contributed by atoms with E-state index in [1.54, 1.807) is 29.2 Å². The first-order valence-corrected chi connectivity index (χ1v) is 13.9. The van der Waals surface area contributed by atoms with Gasteiger partial charge in [-0.2, -0.15) is 0 Å². The van der Waals surface area contributed by atoms with Crippen LogP contribution in [-0.2, 0) is 16.7 Å². The number of anilines is 1. The molecule has 0 bridgehead atoms. The molecule has 39 heavy (non-hydrogen) atoms. The van der Waals surface area contributed by atoms with Crippen LogP contribution in [0.5, 0.6) is 5.75 Å². The maximum atomic E-state index is 13.6. The molecule has 4 aromatic rings. The summed E-state index contributed by atoms with van der Waals surface area (Å²) >= 11 is 3.45. The van der Waals surface area contributed by atoms with Crippen molar-refractivity contribution in [1.82, 2.24) is 0 Å². The lowest BCUT2D eigenvalue weighted by Crippen LogP contribution is -2.55. The molecule has 200 valence electrons. The van der Waals surface area contributed by atoms with Gasteiger partial charge in [-0.05, 0) is 83.6 Å². The number of hydrogen-bond donors (Lipinski definition) is 1. The third-order valence-corrected chi connectivity index (χ3v) is 7.78. The maximum Gasteiger partial charge on any atom is 0.233 e. The number of aliphatic hydroxyl groups is 1. The van der Waals surface area contributed by atoms with Crippen LogP contribution in [0.3, 0.4) is 0 Å². The van der Waals surface area contributed by atoms with E-state index in [2.05, 4.69) is 28.1 Å². The van der Waals surface area contributed by atoms with Crippen LogP contribution < -0.4 is 9.64 Å². The van der Waals surface area contributed by atoms with Gasteiger partial charge in [-0.1, -0.05) is 64.5 Å². The zero-order valence-electron chi connectivity index (χ0n) is 21.1. The predicted molar refractivity (Wildman–Crippen MR) is 151 cm³/mol. The normalized spacial score (nSPS) is 17.5. The monoisotopic (exact) mass is 591 g/mol. The molecule has 3 unspecified atom stereocenters. The molecule has 0 aromatic heterocycles. The van der Waals surface area contributed by atoms with E-state index in [0.29, 0.717) is 36.4 Å². The molecule has 1 aliphatic rings. The summed E-state index contributed by atoms with van der Waals surface area (Å²) in [7, 11) is 0. The number of aliphatic hydroxyl groups excluding tert-OH is 1. The fourth-order valence-corrected chi connectivity index (χ4v) is 5.32. The number of halogens is 3. The Morgan fingerprint density at radius 3 is 2.03 bits per heavy atom. The molecule has 0 aliphatic carbocycles. The first-order valence-electron chi connectivity index (χ1n) is 12.8. The molecule has 1 heterocycles. The Hall–Kier alpha value is -3.55. The molecule has 4 aromatic carbocycles. The van der Waals surface area contributed by atoms with E-state index in [4.69, 9.17) is 4.74 Å². The SMILES string of the molecule is O=C1C(CCC(O)c2ccc(F)cc2)C(c2ccc(OCc3ccc(CBr)cc3)cc2)N1c1ccc(F)cc1. The van der Waals surface area contributed by atoms with Gasteiger partial charge in [-0.25, -0.2) is 8.78 Å². The van der Waals surface area contributed by atoms with Gasteiger partial charge in [0, 0.05) is 11.0 Å². The third-order valence-electron chi connectivity index (χ3n) is 7.13. The average Bonchev–Trinajstić information content (AvgIpc) is 2.96. The van der Waals surface area contributed by atoms with Crippen molar-refractivity contribution in [3.8, 4) is 5.75 Å². The molecule has 0 spiro atoms. The largest absolute Gasteiger partial charge is 0.489 e. The number of amides is 1. The van der Waals surface area contributed by atoms with Crippen LogP contribution in [-0.4, -0.2) is 11.0 Å². The fourth-order valence-electron chi connectivity index (χ4n) is 4.94. The van der Waals surface area contributed by atoms with E-state index in [9.17, 15) is 18.7 Å². The maximum absolute atomic E-state index is 13.6. The van der Waals surface area contributed by atoms with Gasteiger partial charge >= 0.3 is 0 Å². The highest BCUT2D eigenvalue weighted by atomic mass is 79.9. The average molecular weight is 592 g/mol. The number of rotatable bonds is 10. The van der Waals surface area contributed by atoms with Gasteiger partial charge < -0.3 is 14.7 Å². The Bertz CT molecular complexity index is 1390. The van der Waals surface area contributed by atoms with Gasteiger partial charge in [-0.3, -0.25) is 4.79 Å². The summed E-state index contributed by atoms with van der Waals surface area (Å²) in [5.41, 5.74) is 4.42. The van der Waals surface area contributed by atoms with Gasteiger partial charge in [0.1, 0.15) is 24.0 Å². The molecule has 1 saturated heterocycles. The number of ether oxygens (including phenoxy) is 1. The molecule has 1 N–H and O–H groups in total. The molecule has 1 fully saturated rings. The second kappa shape index (κ2) is 12.1. The summed E-state index contributed by atoms with van der Waals surface area (Å²) in [6.07, 6.45) is -0.00829. The summed E-state index contributed by atoms with van der Waals surface area (Å²) in [5, 5.41) is 11.5. The van der Waals surface area contributed by atoms with Crippen molar-refractivity contribution in [2.45, 2.75) is 36.9 Å². The van der Waals surface area contributed by atoms with Crippen LogP contribution in [0, 0.1) is 17.6 Å². The number of β-lactam (4-membered cyclic amide) rings is 1. The highest BCUT2D eigenvalue weighted by Crippen LogP contribution is 2.46. The zero-order valence-corrected chi connectivity index (χ0v) is 22.7. The van der Waals surface area contributed by atoms with Crippen molar-refractivity contribution in [1.29, 1.82) is 0 Å². The Kier molecular flexibility index (Phi) is 8.38. The second-order valence-electron chi connectivity index (χ2n) is 9.69. The van der Waals surface area contributed by atoms with Crippen molar-refractivity contribution in [2.24, 2.45) is 5.92 Å². The van der Waals surface area contributed by atoms with Crippen molar-refractivity contribution in [3.63, 3.8) is 0 Å². The first-order chi connectivity index (χ1) is 18.9. The Labute approximate surface area is 235 Å². The van der Waals surface area contributed by atoms with Crippen LogP contribution in [0.2, 0.25) is 0 Å². The lowest BCUT2D eigenvalue weighted by atomic mass is 9.78. The molecule has 0 saturated carbocycles. The van der Waals surface area contributed by atoms with E-state index in [-0.39, 0.29) is 29.5 Å². The number of alkyl halides is 1. The van der Waals surface area contributed by atoms with Crippen molar-refractivity contribution < 1.29 is 23.4 Å². The minimum atomic E-state index is -0.807. The highest BCUT2D eigenvalue weighted by molar-refractivity contribution is 9.08. The van der Waals surface area contributed by atoms with E-state index in [1.165, 1.54) is 29.8 Å². The number of benzene rings is 4. The number of carbonyl (C=O) groups excluding carboxylic acids is 1. The summed E-state index contributed by atoms with van der Waals surface area (Å²) in [4.78, 5) is 14.9. The van der Waals surface area contributed by atoms with Crippen LogP contribution in [0.4, 0.5) is 14.5 Å². The number of carbonyl (C=O) groups is 1. The highest BCUT2D eigenvalue weighted by Gasteiger charge is 2.48. The van der Waals surface area contributed by atoms with Crippen LogP contribution in [0.15, 0.2) is 97.1 Å². The summed E-state index contributed by atoms with van der Waals surface area (Å²) in [5.74, 6) is -0.457. The first kappa shape index (κ1) is 27.0. The molecule has 1 amide bonds. The Balaban J connectivity index is 1.30. The van der Waals surface area contributed by atoms with Crippen LogP contribution >= 0.6 is 15.9 Å². The van der Waals surface area contributed by atoms with Gasteiger partial charge in [0.05, 0.1) is 18.1 Å². The van der Waals surface area contributed by atoms with E-state index in [1.807, 2.05) is 36.4 Å². The fraction of sp³-hybridized carbons (Fsp3) is 0.219. The molecule has 5 rings (SSSR count). The van der Waals surface area contributed by atoms with E-state index < -0.39 is 6.10 Å². The lowest BCUT2D eigenvalue weighted by Gasteiger charge is -2.48. The smallest absolute Gasteiger partial charge is 0.233 e. The van der Waals surface area contributed by atoms with Gasteiger partial charge in [0.2, 0.25) is 5.91 Å². The summed E-state index contributed by atoms with van der Waals surface area (Å²) in [6, 6.07) is 27.2. The summed E-state index contributed by atoms with van der Waals surface area (Å²) in [6.45, 7) is 0.440. The van der Waals surface area contributed by atoms with E-state index in [0.717, 1.165) is 16.5 Å². The molecular weight excluding hydrogens is 564 g/mol. The standard InChI is InChI=1S/C32H28BrF2NO3/c33-19-21-1-3-22(4-2-21)20-39-28-15-7-24(8-16-28)31-29(17-18-30(37)23-5-9-25(34)10-6-23)32(38)36(31)27-13-11-26(35)12-14-27/h1-16,29-31,37H,17-20H2. The van der Waals surface area contributed by atoms with E-state index >= 15 is 0 Å². The number of hydrogen-bond acceptors (Lipinski definition) is 3. The van der Waals surface area contributed by atoms with Crippen LogP contribution in [0.1, 0.15) is 47.2 Å². The van der Waals surface area contributed by atoms with Crippen molar-refractivity contribution >= 4 is 27.5 Å². The predicted octanol–water partition coefficient (Wildman–Crippen LogP) is 7.66. The second-order valence-corrected chi connectivity index (χ2v) is 10.2. The molecule has 0 radical (unpaired) electrons. The molecule has 4 nitrogen and oxygen atoms in total. The quantitative estimate of drug-likeness (QED) is 0.152. The van der Waals surface area contributed by atoms with Gasteiger partial charge in [0.25, 0.3) is 0 Å². The topological polar surface area (TPSA) is 49.8 Å². The lowest BCUT2D eigenvalue weighted by molar-refractivity contribution is -0.131. The minimum absolute atomic E-state index is 0.0785. The van der Waals surface area contributed by atoms with Gasteiger partial charge in [0.15, 0.2) is 0 Å². The molecule has 7 heteroatoms. The van der Waals surface area contributed by atoms with Gasteiger partial charge in [-0.15, -0.1) is 0 Å². The molecule has 1 aliphatic heterocycles. The van der Waals surface area contributed by atoms with Crippen molar-refractivity contribution in [2.75, 3.05) is 4.90 Å². The number of nitrogens with zero attached hydrogens (tertiary/aromatic N) is 1. The molecular formula is C32H28BrF2NO3. The molecule has 3 atom stereocenters. The Morgan fingerprint density at radius 1 is 0.821 bits per heavy atom. The van der Waals surface area contributed by atoms with Crippen molar-refractivity contribution in [3.05, 3.63) is 131 Å². The van der Waals surface area contributed by atoms with Crippen LogP contribution in [0.25, 0.3) is 0 Å². The zero-order chi connectivity index (χ0) is 27.4. The third kappa shape index (κ3) is 6.21. The Morgan fingerprint density at radius 2 is 1.41 bits per heavy atom. The minimum Gasteiger partial charge on any atom is -0.489 e.